The Morgan fingerprint density at radius 1 is 1.42 bits per heavy atom. The summed E-state index contributed by atoms with van der Waals surface area (Å²) < 4.78 is 7.09. The molecule has 7 nitrogen and oxygen atoms in total. The zero-order chi connectivity index (χ0) is 14.2. The van der Waals surface area contributed by atoms with Crippen LogP contribution in [-0.2, 0) is 11.2 Å². The maximum atomic E-state index is 11.8. The molecule has 2 heterocycles. The van der Waals surface area contributed by atoms with E-state index in [1.54, 1.807) is 6.92 Å². The van der Waals surface area contributed by atoms with Crippen LogP contribution < -0.4 is 11.2 Å². The van der Waals surface area contributed by atoms with Gasteiger partial charge in [0.1, 0.15) is 12.2 Å². The number of aliphatic hydroxyl groups excluding tert-OH is 2. The number of aromatic amines is 1. The zero-order valence-corrected chi connectivity index (χ0v) is 12.4. The monoisotopic (exact) mass is 382 g/mol. The smallest absolute Gasteiger partial charge is 0.330 e. The molecule has 1 fully saturated rings. The SMILES string of the molecule is CCc1cn(C2OC(CI)C(O)C2O)c(=O)[nH]c1=O. The van der Waals surface area contributed by atoms with Crippen molar-refractivity contribution in [3.63, 3.8) is 0 Å². The first-order valence-corrected chi connectivity index (χ1v) is 7.44. The van der Waals surface area contributed by atoms with Crippen molar-refractivity contribution in [2.24, 2.45) is 0 Å². The molecule has 0 amide bonds. The maximum absolute atomic E-state index is 11.8. The van der Waals surface area contributed by atoms with Gasteiger partial charge in [-0.05, 0) is 6.42 Å². The van der Waals surface area contributed by atoms with Crippen LogP contribution in [0.5, 0.6) is 0 Å². The van der Waals surface area contributed by atoms with Crippen molar-refractivity contribution in [3.05, 3.63) is 32.6 Å². The molecular weight excluding hydrogens is 367 g/mol. The van der Waals surface area contributed by atoms with Crippen molar-refractivity contribution < 1.29 is 14.9 Å². The molecular formula is C11H15IN2O5. The Hall–Kier alpha value is -0.710. The number of hydrogen-bond acceptors (Lipinski definition) is 5. The van der Waals surface area contributed by atoms with Crippen LogP contribution in [0.4, 0.5) is 0 Å². The number of nitrogens with zero attached hydrogens (tertiary/aromatic N) is 1. The average Bonchev–Trinajstić information content (AvgIpc) is 2.67. The van der Waals surface area contributed by atoms with E-state index in [2.05, 4.69) is 4.98 Å². The Kier molecular flexibility index (Phi) is 4.43. The highest BCUT2D eigenvalue weighted by Crippen LogP contribution is 2.29. The molecule has 1 aromatic heterocycles. The van der Waals surface area contributed by atoms with Gasteiger partial charge in [0.2, 0.25) is 0 Å². The fourth-order valence-electron chi connectivity index (χ4n) is 2.05. The molecule has 1 saturated heterocycles. The van der Waals surface area contributed by atoms with Gasteiger partial charge in [0.25, 0.3) is 5.56 Å². The first-order valence-electron chi connectivity index (χ1n) is 5.91. The molecule has 0 saturated carbocycles. The lowest BCUT2D eigenvalue weighted by Crippen LogP contribution is -2.38. The van der Waals surface area contributed by atoms with Gasteiger partial charge in [-0.25, -0.2) is 4.79 Å². The van der Waals surface area contributed by atoms with Gasteiger partial charge in [-0.15, -0.1) is 0 Å². The molecule has 4 atom stereocenters. The summed E-state index contributed by atoms with van der Waals surface area (Å²) in [7, 11) is 0. The first-order chi connectivity index (χ1) is 8.99. The van der Waals surface area contributed by atoms with Crippen LogP contribution >= 0.6 is 22.6 Å². The van der Waals surface area contributed by atoms with E-state index in [1.165, 1.54) is 6.20 Å². The van der Waals surface area contributed by atoms with Gasteiger partial charge >= 0.3 is 5.69 Å². The Labute approximate surface area is 122 Å². The Morgan fingerprint density at radius 2 is 2.11 bits per heavy atom. The number of nitrogens with one attached hydrogen (secondary N) is 1. The number of H-pyrrole nitrogens is 1. The number of aryl methyl sites for hydroxylation is 1. The average molecular weight is 382 g/mol. The van der Waals surface area contributed by atoms with Crippen LogP contribution in [0, 0.1) is 0 Å². The number of aromatic nitrogens is 2. The predicted octanol–water partition coefficient (Wildman–Crippen LogP) is -0.847. The van der Waals surface area contributed by atoms with E-state index < -0.39 is 35.8 Å². The molecule has 1 aromatic rings. The van der Waals surface area contributed by atoms with Gasteiger partial charge in [-0.1, -0.05) is 29.5 Å². The van der Waals surface area contributed by atoms with Gasteiger partial charge < -0.3 is 14.9 Å². The molecule has 3 N–H and O–H groups in total. The molecule has 2 rings (SSSR count). The van der Waals surface area contributed by atoms with Gasteiger partial charge in [-0.2, -0.15) is 0 Å². The molecule has 0 spiro atoms. The maximum Gasteiger partial charge on any atom is 0.330 e. The quantitative estimate of drug-likeness (QED) is 0.467. The lowest BCUT2D eigenvalue weighted by molar-refractivity contribution is -0.0336. The Morgan fingerprint density at radius 3 is 2.63 bits per heavy atom. The number of aliphatic hydroxyl groups is 2. The topological polar surface area (TPSA) is 105 Å². The van der Waals surface area contributed by atoms with E-state index in [0.717, 1.165) is 4.57 Å². The molecule has 0 radical (unpaired) electrons. The summed E-state index contributed by atoms with van der Waals surface area (Å²) in [5, 5.41) is 19.7. The van der Waals surface area contributed by atoms with Crippen molar-refractivity contribution in [2.45, 2.75) is 37.9 Å². The van der Waals surface area contributed by atoms with E-state index in [0.29, 0.717) is 16.4 Å². The fourth-order valence-corrected chi connectivity index (χ4v) is 2.78. The third-order valence-corrected chi connectivity index (χ3v) is 4.05. The third kappa shape index (κ3) is 2.62. The van der Waals surface area contributed by atoms with Crippen molar-refractivity contribution in [3.8, 4) is 0 Å². The summed E-state index contributed by atoms with van der Waals surface area (Å²) >= 11 is 2.03. The van der Waals surface area contributed by atoms with Crippen molar-refractivity contribution in [1.29, 1.82) is 0 Å². The summed E-state index contributed by atoms with van der Waals surface area (Å²) in [6.45, 7) is 1.79. The molecule has 19 heavy (non-hydrogen) atoms. The number of alkyl halides is 1. The highest BCUT2D eigenvalue weighted by atomic mass is 127. The van der Waals surface area contributed by atoms with E-state index in [9.17, 15) is 19.8 Å². The Balaban J connectivity index is 2.43. The minimum atomic E-state index is -1.20. The van der Waals surface area contributed by atoms with Gasteiger partial charge in [0.05, 0.1) is 6.10 Å². The van der Waals surface area contributed by atoms with Crippen LogP contribution in [0.25, 0.3) is 0 Å². The summed E-state index contributed by atoms with van der Waals surface area (Å²) in [5.74, 6) is 0. The van der Waals surface area contributed by atoms with Gasteiger partial charge in [0.15, 0.2) is 6.23 Å². The zero-order valence-electron chi connectivity index (χ0n) is 10.2. The highest BCUT2D eigenvalue weighted by molar-refractivity contribution is 14.1. The van der Waals surface area contributed by atoms with Crippen LogP contribution in [-0.4, -0.2) is 42.5 Å². The fraction of sp³-hybridized carbons (Fsp3) is 0.636. The molecule has 4 unspecified atom stereocenters. The molecule has 8 heteroatoms. The van der Waals surface area contributed by atoms with Crippen LogP contribution in [0.2, 0.25) is 0 Å². The van der Waals surface area contributed by atoms with Crippen molar-refractivity contribution in [1.82, 2.24) is 9.55 Å². The number of halogens is 1. The molecule has 1 aliphatic rings. The standard InChI is InChI=1S/C11H15IN2O5/c1-2-5-4-14(11(18)13-9(5)17)10-8(16)7(15)6(3-12)19-10/h4,6-8,10,15-16H,2-3H2,1H3,(H,13,17,18). The van der Waals surface area contributed by atoms with Crippen molar-refractivity contribution in [2.75, 3.05) is 4.43 Å². The third-order valence-electron chi connectivity index (χ3n) is 3.19. The lowest BCUT2D eigenvalue weighted by atomic mass is 10.1. The second kappa shape index (κ2) is 5.73. The van der Waals surface area contributed by atoms with Crippen LogP contribution in [0.3, 0.4) is 0 Å². The minimum Gasteiger partial charge on any atom is -0.387 e. The summed E-state index contributed by atoms with van der Waals surface area (Å²) in [4.78, 5) is 25.4. The summed E-state index contributed by atoms with van der Waals surface area (Å²) in [6.07, 6.45) is -1.94. The number of ether oxygens (including phenoxy) is 1. The molecule has 1 aliphatic heterocycles. The van der Waals surface area contributed by atoms with Gasteiger partial charge in [-0.3, -0.25) is 14.3 Å². The molecule has 0 aliphatic carbocycles. The lowest BCUT2D eigenvalue weighted by Gasteiger charge is -2.17. The largest absolute Gasteiger partial charge is 0.387 e. The molecule has 106 valence electrons. The minimum absolute atomic E-state index is 0.419. The summed E-state index contributed by atoms with van der Waals surface area (Å²) in [6, 6.07) is 0. The summed E-state index contributed by atoms with van der Waals surface area (Å²) in [5.41, 5.74) is -0.683. The second-order valence-corrected chi connectivity index (χ2v) is 5.26. The number of rotatable bonds is 3. The van der Waals surface area contributed by atoms with E-state index in [4.69, 9.17) is 4.74 Å². The molecule has 0 bridgehead atoms. The predicted molar refractivity (Wildman–Crippen MR) is 75.5 cm³/mol. The highest BCUT2D eigenvalue weighted by Gasteiger charge is 2.43. The van der Waals surface area contributed by atoms with Crippen LogP contribution in [0.1, 0.15) is 18.7 Å². The molecule has 0 aromatic carbocycles. The first kappa shape index (κ1) is 14.7. The van der Waals surface area contributed by atoms with E-state index >= 15 is 0 Å². The van der Waals surface area contributed by atoms with E-state index in [1.807, 2.05) is 22.6 Å². The normalized spacial score (nSPS) is 30.7. The van der Waals surface area contributed by atoms with Crippen molar-refractivity contribution >= 4 is 22.6 Å². The number of hydrogen-bond donors (Lipinski definition) is 3. The van der Waals surface area contributed by atoms with Crippen LogP contribution in [0.15, 0.2) is 15.8 Å². The van der Waals surface area contributed by atoms with E-state index in [-0.39, 0.29) is 0 Å². The second-order valence-electron chi connectivity index (χ2n) is 4.38. The van der Waals surface area contributed by atoms with Gasteiger partial charge in [0, 0.05) is 16.2 Å². The Bertz CT molecular complexity index is 569.